The number of carboxylic acid groups (broad SMARTS) is 1. The Hall–Kier alpha value is -2.41. The highest BCUT2D eigenvalue weighted by atomic mass is 32.1. The van der Waals surface area contributed by atoms with Gasteiger partial charge in [-0.2, -0.15) is 0 Å². The summed E-state index contributed by atoms with van der Waals surface area (Å²) in [6.07, 6.45) is 0. The number of aryl methyl sites for hydroxylation is 2. The maximum Gasteiger partial charge on any atom is 0.331 e. The molecule has 0 radical (unpaired) electrons. The molecular weight excluding hydrogens is 290 g/mol. The number of aromatic nitrogens is 1. The fraction of sp³-hybridized carbons (Fsp3) is 0.214. The second-order valence-corrected chi connectivity index (χ2v) is 5.58. The quantitative estimate of drug-likeness (QED) is 0.784. The lowest BCUT2D eigenvalue weighted by Gasteiger charge is -2.17. The molecule has 7 heteroatoms. The summed E-state index contributed by atoms with van der Waals surface area (Å²) in [4.78, 5) is 27.9. The molecule has 2 rings (SSSR count). The molecule has 1 amide bonds. The molecule has 0 aromatic carbocycles. The van der Waals surface area contributed by atoms with Gasteiger partial charge in [0.05, 0.1) is 5.56 Å². The van der Waals surface area contributed by atoms with Crippen molar-refractivity contribution in [2.45, 2.75) is 19.9 Å². The SMILES string of the molecule is Cc1cc(C)c(C(N)=O)c(NC(C(=O)O)c2cccs2)n1. The number of nitrogens with zero attached hydrogens (tertiary/aromatic N) is 1. The van der Waals surface area contributed by atoms with E-state index in [-0.39, 0.29) is 11.4 Å². The smallest absolute Gasteiger partial charge is 0.331 e. The van der Waals surface area contributed by atoms with Crippen molar-refractivity contribution in [3.05, 3.63) is 45.3 Å². The third-order valence-electron chi connectivity index (χ3n) is 2.95. The summed E-state index contributed by atoms with van der Waals surface area (Å²) >= 11 is 1.31. The average molecular weight is 305 g/mol. The van der Waals surface area contributed by atoms with Crippen LogP contribution in [0.25, 0.3) is 0 Å². The van der Waals surface area contributed by atoms with Crippen LogP contribution in [0.2, 0.25) is 0 Å². The molecule has 110 valence electrons. The molecule has 2 heterocycles. The Morgan fingerprint density at radius 1 is 1.43 bits per heavy atom. The third-order valence-corrected chi connectivity index (χ3v) is 3.88. The van der Waals surface area contributed by atoms with Crippen molar-refractivity contribution in [2.24, 2.45) is 5.73 Å². The number of carbonyl (C=O) groups excluding carboxylic acids is 1. The summed E-state index contributed by atoms with van der Waals surface area (Å²) in [5.41, 5.74) is 6.92. The van der Waals surface area contributed by atoms with Gasteiger partial charge in [0.1, 0.15) is 5.82 Å². The van der Waals surface area contributed by atoms with Crippen molar-refractivity contribution in [3.63, 3.8) is 0 Å². The molecule has 0 fully saturated rings. The Labute approximate surface area is 125 Å². The van der Waals surface area contributed by atoms with Crippen LogP contribution < -0.4 is 11.1 Å². The first-order valence-corrected chi connectivity index (χ1v) is 7.09. The minimum Gasteiger partial charge on any atom is -0.479 e. The minimum absolute atomic E-state index is 0.195. The van der Waals surface area contributed by atoms with E-state index in [0.29, 0.717) is 16.1 Å². The Balaban J connectivity index is 2.46. The van der Waals surface area contributed by atoms with E-state index in [1.165, 1.54) is 11.3 Å². The van der Waals surface area contributed by atoms with Crippen LogP contribution in [-0.2, 0) is 4.79 Å². The van der Waals surface area contributed by atoms with Crippen LogP contribution in [0.15, 0.2) is 23.6 Å². The van der Waals surface area contributed by atoms with Crippen LogP contribution in [0, 0.1) is 13.8 Å². The van der Waals surface area contributed by atoms with Gasteiger partial charge in [0, 0.05) is 10.6 Å². The number of nitrogens with two attached hydrogens (primary N) is 1. The number of amides is 1. The summed E-state index contributed by atoms with van der Waals surface area (Å²) in [5, 5.41) is 14.0. The summed E-state index contributed by atoms with van der Waals surface area (Å²) in [6, 6.07) is 4.23. The molecule has 2 aromatic rings. The second-order valence-electron chi connectivity index (χ2n) is 4.60. The Morgan fingerprint density at radius 3 is 2.67 bits per heavy atom. The predicted octanol–water partition coefficient (Wildman–Crippen LogP) is 2.10. The zero-order chi connectivity index (χ0) is 15.6. The largest absolute Gasteiger partial charge is 0.479 e. The zero-order valence-electron chi connectivity index (χ0n) is 11.6. The van der Waals surface area contributed by atoms with Crippen molar-refractivity contribution in [2.75, 3.05) is 5.32 Å². The summed E-state index contributed by atoms with van der Waals surface area (Å²) in [6.45, 7) is 3.50. The summed E-state index contributed by atoms with van der Waals surface area (Å²) < 4.78 is 0. The van der Waals surface area contributed by atoms with Gasteiger partial charge in [0.25, 0.3) is 5.91 Å². The molecule has 0 spiro atoms. The number of thiophene rings is 1. The third kappa shape index (κ3) is 3.19. The molecule has 0 saturated heterocycles. The minimum atomic E-state index is -1.05. The molecule has 0 aliphatic carbocycles. The van der Waals surface area contributed by atoms with E-state index in [1.807, 2.05) is 0 Å². The highest BCUT2D eigenvalue weighted by Crippen LogP contribution is 2.26. The molecular formula is C14H15N3O3S. The van der Waals surface area contributed by atoms with Crippen molar-refractivity contribution in [3.8, 4) is 0 Å². The van der Waals surface area contributed by atoms with Gasteiger partial charge < -0.3 is 16.2 Å². The Morgan fingerprint density at radius 2 is 2.14 bits per heavy atom. The lowest BCUT2D eigenvalue weighted by atomic mass is 10.1. The number of hydrogen-bond acceptors (Lipinski definition) is 5. The van der Waals surface area contributed by atoms with Crippen LogP contribution in [0.1, 0.15) is 32.5 Å². The molecule has 0 saturated carbocycles. The van der Waals surface area contributed by atoms with Crippen LogP contribution in [0.5, 0.6) is 0 Å². The number of aliphatic carboxylic acids is 1. The number of nitrogens with one attached hydrogen (secondary N) is 1. The maximum atomic E-state index is 11.6. The van der Waals surface area contributed by atoms with E-state index in [2.05, 4.69) is 10.3 Å². The van der Waals surface area contributed by atoms with Crippen LogP contribution in [0.4, 0.5) is 5.82 Å². The highest BCUT2D eigenvalue weighted by molar-refractivity contribution is 7.10. The van der Waals surface area contributed by atoms with Gasteiger partial charge in [-0.1, -0.05) is 6.07 Å². The van der Waals surface area contributed by atoms with Crippen molar-refractivity contribution < 1.29 is 14.7 Å². The van der Waals surface area contributed by atoms with Crippen molar-refractivity contribution in [1.82, 2.24) is 4.98 Å². The molecule has 2 aromatic heterocycles. The molecule has 0 aliphatic rings. The average Bonchev–Trinajstić information content (AvgIpc) is 2.87. The van der Waals surface area contributed by atoms with Gasteiger partial charge in [0.2, 0.25) is 0 Å². The number of carboxylic acids is 1. The predicted molar refractivity (Wildman–Crippen MR) is 80.5 cm³/mol. The van der Waals surface area contributed by atoms with E-state index in [0.717, 1.165) is 0 Å². The van der Waals surface area contributed by atoms with Gasteiger partial charge in [-0.25, -0.2) is 9.78 Å². The number of rotatable bonds is 5. The van der Waals surface area contributed by atoms with E-state index in [1.54, 1.807) is 37.4 Å². The lowest BCUT2D eigenvalue weighted by Crippen LogP contribution is -2.24. The van der Waals surface area contributed by atoms with Gasteiger partial charge in [-0.15, -0.1) is 11.3 Å². The maximum absolute atomic E-state index is 11.6. The van der Waals surface area contributed by atoms with Gasteiger partial charge >= 0.3 is 5.97 Å². The first-order valence-electron chi connectivity index (χ1n) is 6.21. The standard InChI is InChI=1S/C14H15N3O3S/c1-7-6-8(2)16-13(10(7)12(15)18)17-11(14(19)20)9-4-3-5-21-9/h3-6,11H,1-2H3,(H2,15,18)(H,16,17)(H,19,20). The molecule has 4 N–H and O–H groups in total. The monoisotopic (exact) mass is 305 g/mol. The molecule has 21 heavy (non-hydrogen) atoms. The van der Waals surface area contributed by atoms with Crippen molar-refractivity contribution >= 4 is 29.0 Å². The second kappa shape index (κ2) is 5.92. The summed E-state index contributed by atoms with van der Waals surface area (Å²) in [5.74, 6) is -1.49. The zero-order valence-corrected chi connectivity index (χ0v) is 12.4. The fourth-order valence-electron chi connectivity index (χ4n) is 2.10. The first-order chi connectivity index (χ1) is 9.90. The Kier molecular flexibility index (Phi) is 4.23. The van der Waals surface area contributed by atoms with E-state index < -0.39 is 17.9 Å². The van der Waals surface area contributed by atoms with E-state index in [9.17, 15) is 14.7 Å². The fourth-order valence-corrected chi connectivity index (χ4v) is 2.87. The molecule has 6 nitrogen and oxygen atoms in total. The van der Waals surface area contributed by atoms with Gasteiger partial charge in [-0.05, 0) is 36.9 Å². The molecule has 1 atom stereocenters. The topological polar surface area (TPSA) is 105 Å². The summed E-state index contributed by atoms with van der Waals surface area (Å²) in [7, 11) is 0. The lowest BCUT2D eigenvalue weighted by molar-refractivity contribution is -0.138. The number of anilines is 1. The molecule has 0 aliphatic heterocycles. The number of pyridine rings is 1. The van der Waals surface area contributed by atoms with Gasteiger partial charge in [-0.3, -0.25) is 4.79 Å². The number of primary amides is 1. The normalized spacial score (nSPS) is 11.9. The number of carbonyl (C=O) groups is 2. The van der Waals surface area contributed by atoms with E-state index in [4.69, 9.17) is 5.73 Å². The Bertz CT molecular complexity index is 683. The first kappa shape index (κ1) is 15.0. The van der Waals surface area contributed by atoms with Crippen LogP contribution >= 0.6 is 11.3 Å². The molecule has 0 bridgehead atoms. The van der Waals surface area contributed by atoms with Crippen LogP contribution in [0.3, 0.4) is 0 Å². The number of hydrogen-bond donors (Lipinski definition) is 3. The van der Waals surface area contributed by atoms with E-state index >= 15 is 0 Å². The highest BCUT2D eigenvalue weighted by Gasteiger charge is 2.24. The van der Waals surface area contributed by atoms with Crippen LogP contribution in [-0.4, -0.2) is 22.0 Å². The van der Waals surface area contributed by atoms with Crippen molar-refractivity contribution in [1.29, 1.82) is 0 Å². The van der Waals surface area contributed by atoms with Gasteiger partial charge in [0.15, 0.2) is 6.04 Å². The molecule has 1 unspecified atom stereocenters.